The third-order valence-electron chi connectivity index (χ3n) is 4.47. The lowest BCUT2D eigenvalue weighted by atomic mass is 10.1. The average Bonchev–Trinajstić information content (AvgIpc) is 2.92. The molecule has 0 aliphatic rings. The molecule has 0 atom stereocenters. The first-order valence-corrected chi connectivity index (χ1v) is 8.80. The van der Waals surface area contributed by atoms with Crippen LogP contribution in [0, 0.1) is 0 Å². The van der Waals surface area contributed by atoms with Crippen molar-refractivity contribution in [3.05, 3.63) is 64.6 Å². The van der Waals surface area contributed by atoms with E-state index in [0.717, 1.165) is 23.2 Å². The molecule has 3 rings (SSSR count). The van der Waals surface area contributed by atoms with Gasteiger partial charge in [0.1, 0.15) is 6.54 Å². The van der Waals surface area contributed by atoms with E-state index >= 15 is 0 Å². The van der Waals surface area contributed by atoms with Crippen molar-refractivity contribution in [3.63, 3.8) is 0 Å². The van der Waals surface area contributed by atoms with E-state index in [0.29, 0.717) is 5.52 Å². The second-order valence-corrected chi connectivity index (χ2v) is 6.25. The Kier molecular flexibility index (Phi) is 5.40. The summed E-state index contributed by atoms with van der Waals surface area (Å²) < 4.78 is 2.89. The number of carbonyl (C=O) groups excluding carboxylic acids is 2. The largest absolute Gasteiger partial charge is 0.345 e. The molecule has 3 aromatic rings. The van der Waals surface area contributed by atoms with Gasteiger partial charge in [0.15, 0.2) is 0 Å². The number of rotatable bonds is 6. The Balaban J connectivity index is 1.63. The van der Waals surface area contributed by atoms with Crippen LogP contribution < -0.4 is 16.3 Å². The van der Waals surface area contributed by atoms with Crippen molar-refractivity contribution in [1.82, 2.24) is 14.5 Å². The highest BCUT2D eigenvalue weighted by Gasteiger charge is 2.14. The van der Waals surface area contributed by atoms with E-state index in [1.165, 1.54) is 9.13 Å². The van der Waals surface area contributed by atoms with Gasteiger partial charge in [-0.1, -0.05) is 37.3 Å². The summed E-state index contributed by atoms with van der Waals surface area (Å²) in [6.07, 6.45) is 0.798. The van der Waals surface area contributed by atoms with Crippen molar-refractivity contribution in [3.8, 4) is 0 Å². The summed E-state index contributed by atoms with van der Waals surface area (Å²) in [5.74, 6) is -0.707. The molecule has 0 spiro atoms. The summed E-state index contributed by atoms with van der Waals surface area (Å²) in [7, 11) is 1.66. The summed E-state index contributed by atoms with van der Waals surface area (Å²) in [6, 6.07) is 14.8. The molecule has 0 unspecified atom stereocenters. The number of nitrogens with one attached hydrogen (secondary N) is 2. The Morgan fingerprint density at radius 1 is 0.963 bits per heavy atom. The highest BCUT2D eigenvalue weighted by Crippen LogP contribution is 2.15. The number of imidazole rings is 1. The molecule has 7 heteroatoms. The Bertz CT molecular complexity index is 1050. The Labute approximate surface area is 156 Å². The van der Waals surface area contributed by atoms with Gasteiger partial charge in [0, 0.05) is 12.7 Å². The lowest BCUT2D eigenvalue weighted by molar-refractivity contribution is -0.124. The minimum Gasteiger partial charge on any atom is -0.345 e. The zero-order valence-corrected chi connectivity index (χ0v) is 15.4. The topological polar surface area (TPSA) is 85.1 Å². The summed E-state index contributed by atoms with van der Waals surface area (Å²) in [6.45, 7) is 1.71. The van der Waals surface area contributed by atoms with Crippen molar-refractivity contribution < 1.29 is 9.59 Å². The van der Waals surface area contributed by atoms with Crippen LogP contribution >= 0.6 is 0 Å². The minimum atomic E-state index is -0.396. The van der Waals surface area contributed by atoms with E-state index < -0.39 is 5.91 Å². The minimum absolute atomic E-state index is 0.140. The number of amides is 2. The van der Waals surface area contributed by atoms with Crippen LogP contribution in [0.5, 0.6) is 0 Å². The number of benzene rings is 2. The standard InChI is InChI=1S/C20H22N4O3/c1-3-14-8-4-5-9-15(14)22-18(25)12-21-19(26)13-24-17-11-7-6-10-16(17)23(2)20(24)27/h4-11H,3,12-13H2,1-2H3,(H,21,26)(H,22,25). The summed E-state index contributed by atoms with van der Waals surface area (Å²) >= 11 is 0. The van der Waals surface area contributed by atoms with Crippen LogP contribution in [0.1, 0.15) is 12.5 Å². The fourth-order valence-corrected chi connectivity index (χ4v) is 3.04. The fraction of sp³-hybridized carbons (Fsp3) is 0.250. The quantitative estimate of drug-likeness (QED) is 0.696. The molecule has 0 saturated heterocycles. The molecule has 0 aliphatic heterocycles. The lowest BCUT2D eigenvalue weighted by Gasteiger charge is -2.10. The number of anilines is 1. The normalized spacial score (nSPS) is 10.7. The summed E-state index contributed by atoms with van der Waals surface area (Å²) in [5.41, 5.74) is 2.93. The van der Waals surface area contributed by atoms with Gasteiger partial charge in [0.2, 0.25) is 11.8 Å². The highest BCUT2D eigenvalue weighted by molar-refractivity contribution is 5.95. The maximum Gasteiger partial charge on any atom is 0.329 e. The number of aryl methyl sites for hydroxylation is 2. The third-order valence-corrected chi connectivity index (χ3v) is 4.47. The molecule has 0 aliphatic carbocycles. The smallest absolute Gasteiger partial charge is 0.329 e. The molecule has 1 heterocycles. The second-order valence-electron chi connectivity index (χ2n) is 6.25. The SMILES string of the molecule is CCc1ccccc1NC(=O)CNC(=O)Cn1c(=O)n(C)c2ccccc21. The molecule has 1 aromatic heterocycles. The molecule has 7 nitrogen and oxygen atoms in total. The van der Waals surface area contributed by atoms with E-state index in [-0.39, 0.29) is 24.7 Å². The zero-order chi connectivity index (χ0) is 19.4. The first kappa shape index (κ1) is 18.4. The first-order valence-electron chi connectivity index (χ1n) is 8.80. The molecule has 27 heavy (non-hydrogen) atoms. The molecular weight excluding hydrogens is 344 g/mol. The van der Waals surface area contributed by atoms with E-state index in [1.807, 2.05) is 49.4 Å². The van der Waals surface area contributed by atoms with Gasteiger partial charge in [-0.25, -0.2) is 4.79 Å². The maximum atomic E-state index is 12.3. The number of hydrogen-bond acceptors (Lipinski definition) is 3. The van der Waals surface area contributed by atoms with Gasteiger partial charge in [0.25, 0.3) is 0 Å². The molecule has 0 radical (unpaired) electrons. The summed E-state index contributed by atoms with van der Waals surface area (Å²) in [5, 5.41) is 5.37. The van der Waals surface area contributed by atoms with Crippen LogP contribution in [-0.2, 0) is 29.6 Å². The van der Waals surface area contributed by atoms with Crippen LogP contribution in [0.15, 0.2) is 53.3 Å². The molecule has 2 aromatic carbocycles. The van der Waals surface area contributed by atoms with Crippen molar-refractivity contribution >= 4 is 28.5 Å². The van der Waals surface area contributed by atoms with Gasteiger partial charge in [-0.05, 0) is 30.2 Å². The van der Waals surface area contributed by atoms with Crippen LogP contribution in [0.4, 0.5) is 5.69 Å². The van der Waals surface area contributed by atoms with Crippen LogP contribution in [0.2, 0.25) is 0 Å². The monoisotopic (exact) mass is 366 g/mol. The summed E-state index contributed by atoms with van der Waals surface area (Å²) in [4.78, 5) is 36.7. The highest BCUT2D eigenvalue weighted by atomic mass is 16.2. The van der Waals surface area contributed by atoms with E-state index in [9.17, 15) is 14.4 Å². The van der Waals surface area contributed by atoms with Crippen LogP contribution in [-0.4, -0.2) is 27.5 Å². The molecule has 2 N–H and O–H groups in total. The lowest BCUT2D eigenvalue weighted by Crippen LogP contribution is -2.37. The van der Waals surface area contributed by atoms with Crippen molar-refractivity contribution in [2.75, 3.05) is 11.9 Å². The zero-order valence-electron chi connectivity index (χ0n) is 15.4. The van der Waals surface area contributed by atoms with Gasteiger partial charge in [-0.15, -0.1) is 0 Å². The first-order chi connectivity index (χ1) is 13.0. The molecule has 0 saturated carbocycles. The van der Waals surface area contributed by atoms with Crippen molar-refractivity contribution in [1.29, 1.82) is 0 Å². The van der Waals surface area contributed by atoms with Gasteiger partial charge >= 0.3 is 5.69 Å². The number of fused-ring (bicyclic) bond motifs is 1. The maximum absolute atomic E-state index is 12.3. The molecule has 2 amide bonds. The van der Waals surface area contributed by atoms with Crippen LogP contribution in [0.25, 0.3) is 11.0 Å². The number of hydrogen-bond donors (Lipinski definition) is 2. The van der Waals surface area contributed by atoms with Gasteiger partial charge in [0.05, 0.1) is 17.6 Å². The second kappa shape index (κ2) is 7.90. The molecule has 0 bridgehead atoms. The molecule has 0 fully saturated rings. The average molecular weight is 366 g/mol. The Hall–Kier alpha value is -3.35. The van der Waals surface area contributed by atoms with Crippen molar-refractivity contribution in [2.24, 2.45) is 7.05 Å². The van der Waals surface area contributed by atoms with E-state index in [2.05, 4.69) is 10.6 Å². The van der Waals surface area contributed by atoms with Crippen LogP contribution in [0.3, 0.4) is 0 Å². The third kappa shape index (κ3) is 3.92. The molecular formula is C20H22N4O3. The predicted molar refractivity (Wildman–Crippen MR) is 105 cm³/mol. The molecule has 140 valence electrons. The fourth-order valence-electron chi connectivity index (χ4n) is 3.04. The predicted octanol–water partition coefficient (Wildman–Crippen LogP) is 1.66. The number of nitrogens with zero attached hydrogens (tertiary/aromatic N) is 2. The van der Waals surface area contributed by atoms with Crippen molar-refractivity contribution in [2.45, 2.75) is 19.9 Å². The number of carbonyl (C=O) groups is 2. The number of aromatic nitrogens is 2. The van der Waals surface area contributed by atoms with E-state index in [1.54, 1.807) is 13.1 Å². The van der Waals surface area contributed by atoms with E-state index in [4.69, 9.17) is 0 Å². The Morgan fingerprint density at radius 2 is 1.63 bits per heavy atom. The van der Waals surface area contributed by atoms with Gasteiger partial charge in [-0.3, -0.25) is 18.7 Å². The number of para-hydroxylation sites is 3. The Morgan fingerprint density at radius 3 is 2.37 bits per heavy atom. The van der Waals surface area contributed by atoms with Gasteiger partial charge < -0.3 is 10.6 Å². The van der Waals surface area contributed by atoms with Gasteiger partial charge in [-0.2, -0.15) is 0 Å².